The lowest BCUT2D eigenvalue weighted by molar-refractivity contribution is 0.442. The van der Waals surface area contributed by atoms with Gasteiger partial charge in [-0.2, -0.15) is 0 Å². The molecule has 0 atom stereocenters. The zero-order valence-corrected chi connectivity index (χ0v) is 2.64. The molecule has 0 saturated carbocycles. The molecule has 0 amide bonds. The van der Waals surface area contributed by atoms with Crippen LogP contribution < -0.4 is 0 Å². The highest BCUT2D eigenvalue weighted by atomic mass is 16.6. The SMILES string of the molecule is O/C=C1\CO1. The molecular weight excluding hydrogens is 68.0 g/mol. The van der Waals surface area contributed by atoms with Gasteiger partial charge in [-0.05, 0) is 0 Å². The highest BCUT2D eigenvalue weighted by Gasteiger charge is 2.10. The van der Waals surface area contributed by atoms with Crippen LogP contribution in [0.5, 0.6) is 0 Å². The molecule has 0 aliphatic carbocycles. The first-order valence-electron chi connectivity index (χ1n) is 1.39. The van der Waals surface area contributed by atoms with Crippen molar-refractivity contribution in [2.45, 2.75) is 0 Å². The van der Waals surface area contributed by atoms with E-state index in [2.05, 4.69) is 4.74 Å². The zero-order valence-electron chi connectivity index (χ0n) is 2.64. The van der Waals surface area contributed by atoms with Crippen molar-refractivity contribution < 1.29 is 9.84 Å². The Labute approximate surface area is 29.7 Å². The van der Waals surface area contributed by atoms with Crippen molar-refractivity contribution in [1.29, 1.82) is 0 Å². The lowest BCUT2D eigenvalue weighted by Crippen LogP contribution is -1.43. The van der Waals surface area contributed by atoms with E-state index in [1.807, 2.05) is 0 Å². The molecule has 28 valence electrons. The highest BCUT2D eigenvalue weighted by molar-refractivity contribution is 4.98. The van der Waals surface area contributed by atoms with Crippen molar-refractivity contribution in [1.82, 2.24) is 0 Å². The average molecular weight is 72.1 g/mol. The molecule has 0 bridgehead atoms. The first-order chi connectivity index (χ1) is 2.43. The van der Waals surface area contributed by atoms with Gasteiger partial charge in [-0.15, -0.1) is 0 Å². The van der Waals surface area contributed by atoms with Gasteiger partial charge in [-0.25, -0.2) is 0 Å². The van der Waals surface area contributed by atoms with Crippen molar-refractivity contribution in [3.63, 3.8) is 0 Å². The number of hydrogen-bond acceptors (Lipinski definition) is 2. The summed E-state index contributed by atoms with van der Waals surface area (Å²) in [5.74, 6) is 0.685. The Morgan fingerprint density at radius 2 is 2.60 bits per heavy atom. The van der Waals surface area contributed by atoms with Crippen molar-refractivity contribution >= 4 is 0 Å². The molecule has 1 N–H and O–H groups in total. The summed E-state index contributed by atoms with van der Waals surface area (Å²) in [6, 6.07) is 0. The second-order valence-electron chi connectivity index (χ2n) is 0.884. The first kappa shape index (κ1) is 2.57. The summed E-state index contributed by atoms with van der Waals surface area (Å²) in [6.07, 6.45) is 0.972. The lowest BCUT2D eigenvalue weighted by atomic mass is 10.7. The standard InChI is InChI=1S/C3H4O2/c4-1-3-2-5-3/h1,4H,2H2/b3-1+. The largest absolute Gasteiger partial charge is 0.512 e. The maximum absolute atomic E-state index is 7.92. The third-order valence-electron chi connectivity index (χ3n) is 0.455. The van der Waals surface area contributed by atoms with Gasteiger partial charge in [-0.3, -0.25) is 0 Å². The Morgan fingerprint density at radius 3 is 2.60 bits per heavy atom. The minimum Gasteiger partial charge on any atom is -0.512 e. The van der Waals surface area contributed by atoms with Gasteiger partial charge in [0.1, 0.15) is 12.9 Å². The summed E-state index contributed by atoms with van der Waals surface area (Å²) in [7, 11) is 0. The van der Waals surface area contributed by atoms with Gasteiger partial charge in [-0.1, -0.05) is 0 Å². The molecule has 0 aromatic heterocycles. The Kier molecular flexibility index (Phi) is 0.330. The van der Waals surface area contributed by atoms with Crippen molar-refractivity contribution in [3.8, 4) is 0 Å². The molecule has 0 aromatic carbocycles. The van der Waals surface area contributed by atoms with E-state index < -0.39 is 0 Å². The number of epoxide rings is 1. The van der Waals surface area contributed by atoms with Crippen LogP contribution in [0.1, 0.15) is 0 Å². The molecule has 0 spiro atoms. The van der Waals surface area contributed by atoms with Crippen LogP contribution in [0, 0.1) is 0 Å². The van der Waals surface area contributed by atoms with E-state index in [4.69, 9.17) is 5.11 Å². The molecule has 0 unspecified atom stereocenters. The topological polar surface area (TPSA) is 32.8 Å². The minimum atomic E-state index is 0.622. The van der Waals surface area contributed by atoms with E-state index in [0.29, 0.717) is 12.4 Å². The quantitative estimate of drug-likeness (QED) is 0.332. The maximum Gasteiger partial charge on any atom is 0.168 e. The molecule has 1 rings (SSSR count). The second kappa shape index (κ2) is 0.641. The van der Waals surface area contributed by atoms with Crippen molar-refractivity contribution in [2.75, 3.05) is 6.61 Å². The van der Waals surface area contributed by atoms with Gasteiger partial charge in [0.2, 0.25) is 0 Å². The van der Waals surface area contributed by atoms with Gasteiger partial charge in [0.25, 0.3) is 0 Å². The molecule has 1 aliphatic rings. The summed E-state index contributed by atoms with van der Waals surface area (Å²) in [6.45, 7) is 0.622. The number of hydrogen-bond donors (Lipinski definition) is 1. The average Bonchev–Trinajstić information content (AvgIpc) is 2.12. The van der Waals surface area contributed by atoms with E-state index in [9.17, 15) is 0 Å². The maximum atomic E-state index is 7.92. The Balaban J connectivity index is 2.46. The van der Waals surface area contributed by atoms with E-state index in [1.54, 1.807) is 0 Å². The fourth-order valence-corrected chi connectivity index (χ4v) is 0.116. The Bertz CT molecular complexity index is 59.3. The number of ether oxygens (including phenoxy) is 1. The molecule has 1 fully saturated rings. The molecule has 1 heterocycles. The van der Waals surface area contributed by atoms with E-state index in [0.717, 1.165) is 6.26 Å². The highest BCUT2D eigenvalue weighted by Crippen LogP contribution is 2.10. The summed E-state index contributed by atoms with van der Waals surface area (Å²) < 4.78 is 4.47. The van der Waals surface area contributed by atoms with Crippen LogP contribution in [-0.2, 0) is 4.74 Å². The van der Waals surface area contributed by atoms with Gasteiger partial charge < -0.3 is 9.84 Å². The summed E-state index contributed by atoms with van der Waals surface area (Å²) in [4.78, 5) is 0. The Hall–Kier alpha value is -0.660. The fourth-order valence-electron chi connectivity index (χ4n) is 0.116. The molecular formula is C3H4O2. The van der Waals surface area contributed by atoms with Crippen molar-refractivity contribution in [3.05, 3.63) is 12.0 Å². The van der Waals surface area contributed by atoms with E-state index in [-0.39, 0.29) is 0 Å². The van der Waals surface area contributed by atoms with Crippen LogP contribution >= 0.6 is 0 Å². The number of rotatable bonds is 0. The van der Waals surface area contributed by atoms with Crippen LogP contribution in [0.15, 0.2) is 12.0 Å². The summed E-state index contributed by atoms with van der Waals surface area (Å²) in [5, 5.41) is 7.92. The smallest absolute Gasteiger partial charge is 0.168 e. The number of aliphatic hydroxyl groups is 1. The van der Waals surface area contributed by atoms with Crippen LogP contribution in [0.2, 0.25) is 0 Å². The van der Waals surface area contributed by atoms with Crippen LogP contribution in [0.25, 0.3) is 0 Å². The predicted molar refractivity (Wildman–Crippen MR) is 16.7 cm³/mol. The first-order valence-corrected chi connectivity index (χ1v) is 1.39. The lowest BCUT2D eigenvalue weighted by Gasteiger charge is -1.53. The Morgan fingerprint density at radius 1 is 2.00 bits per heavy atom. The summed E-state index contributed by atoms with van der Waals surface area (Å²) >= 11 is 0. The van der Waals surface area contributed by atoms with Crippen molar-refractivity contribution in [2.24, 2.45) is 0 Å². The third kappa shape index (κ3) is 0.318. The predicted octanol–water partition coefficient (Wildman–Crippen LogP) is 0.416. The molecule has 2 heteroatoms. The second-order valence-corrected chi connectivity index (χ2v) is 0.884. The molecule has 1 aliphatic heterocycles. The molecule has 2 nitrogen and oxygen atoms in total. The normalized spacial score (nSPS) is 26.0. The van der Waals surface area contributed by atoms with Crippen LogP contribution in [0.3, 0.4) is 0 Å². The molecule has 0 aromatic rings. The van der Waals surface area contributed by atoms with Crippen LogP contribution in [-0.4, -0.2) is 11.7 Å². The monoisotopic (exact) mass is 72.0 g/mol. The molecule has 5 heavy (non-hydrogen) atoms. The van der Waals surface area contributed by atoms with E-state index >= 15 is 0 Å². The minimum absolute atomic E-state index is 0.622. The zero-order chi connectivity index (χ0) is 3.70. The van der Waals surface area contributed by atoms with E-state index in [1.165, 1.54) is 0 Å². The summed E-state index contributed by atoms with van der Waals surface area (Å²) in [5.41, 5.74) is 0. The van der Waals surface area contributed by atoms with Gasteiger partial charge >= 0.3 is 0 Å². The fraction of sp³-hybridized carbons (Fsp3) is 0.333. The van der Waals surface area contributed by atoms with Gasteiger partial charge in [0, 0.05) is 0 Å². The van der Waals surface area contributed by atoms with Crippen LogP contribution in [0.4, 0.5) is 0 Å². The molecule has 0 radical (unpaired) electrons. The molecule has 1 saturated heterocycles. The number of aliphatic hydroxyl groups excluding tert-OH is 1. The third-order valence-corrected chi connectivity index (χ3v) is 0.455. The van der Waals surface area contributed by atoms with Gasteiger partial charge in [0.05, 0.1) is 0 Å². The van der Waals surface area contributed by atoms with Gasteiger partial charge in [0.15, 0.2) is 5.76 Å².